The van der Waals surface area contributed by atoms with E-state index in [1.807, 2.05) is 22.1 Å². The Morgan fingerprint density at radius 1 is 1.38 bits per heavy atom. The molecule has 9 nitrogen and oxygen atoms in total. The molecule has 1 aromatic carbocycles. The van der Waals surface area contributed by atoms with Crippen molar-refractivity contribution in [3.63, 3.8) is 0 Å². The fraction of sp³-hybridized carbons (Fsp3) is 0.214. The summed E-state index contributed by atoms with van der Waals surface area (Å²) in [7, 11) is -0.859. The van der Waals surface area contributed by atoms with Crippen molar-refractivity contribution in [2.24, 2.45) is 0 Å². The molecule has 0 radical (unpaired) electrons. The molecule has 1 aliphatic rings. The normalized spacial score (nSPS) is 14.0. The summed E-state index contributed by atoms with van der Waals surface area (Å²) in [5.41, 5.74) is 0.878. The van der Waals surface area contributed by atoms with Crippen molar-refractivity contribution in [2.75, 3.05) is 19.5 Å². The van der Waals surface area contributed by atoms with Crippen LogP contribution in [0.4, 0.5) is 10.7 Å². The number of halogens is 1. The van der Waals surface area contributed by atoms with Gasteiger partial charge in [-0.1, -0.05) is 23.7 Å². The number of fused-ring (bicyclic) bond motifs is 1. The van der Waals surface area contributed by atoms with Gasteiger partial charge in [-0.25, -0.2) is 27.2 Å². The number of amides is 2. The summed E-state index contributed by atoms with van der Waals surface area (Å²) in [4.78, 5) is 20.4. The Kier molecular flexibility index (Phi) is 5.23. The number of rotatable bonds is 4. The highest BCUT2D eigenvalue weighted by molar-refractivity contribution is 7.98. The molecule has 3 rings (SSSR count). The maximum Gasteiger partial charge on any atom is 0.335 e. The molecular formula is C14H14ClN5O4S2. The van der Waals surface area contributed by atoms with Crippen LogP contribution in [0.3, 0.4) is 0 Å². The Morgan fingerprint density at radius 2 is 2.15 bits per heavy atom. The van der Waals surface area contributed by atoms with Crippen molar-refractivity contribution in [1.82, 2.24) is 19.0 Å². The lowest BCUT2D eigenvalue weighted by Crippen LogP contribution is -2.35. The van der Waals surface area contributed by atoms with Gasteiger partial charge >= 0.3 is 6.03 Å². The van der Waals surface area contributed by atoms with Crippen molar-refractivity contribution in [3.8, 4) is 5.88 Å². The third kappa shape index (κ3) is 4.01. The number of benzene rings is 1. The molecule has 26 heavy (non-hydrogen) atoms. The number of nitrogens with zero attached hydrogens (tertiary/aromatic N) is 3. The van der Waals surface area contributed by atoms with E-state index in [9.17, 15) is 13.2 Å². The first kappa shape index (κ1) is 18.7. The lowest BCUT2D eigenvalue weighted by atomic mass is 10.2. The first-order valence-corrected chi connectivity index (χ1v) is 9.85. The van der Waals surface area contributed by atoms with E-state index in [1.165, 1.54) is 31.2 Å². The SMILES string of the molecule is COc1cc(Cl)nc(NC(=O)NS(=O)(=O)c2cccc3c2SN(C)C3)n1. The van der Waals surface area contributed by atoms with E-state index < -0.39 is 16.1 Å². The Morgan fingerprint density at radius 3 is 2.88 bits per heavy atom. The van der Waals surface area contributed by atoms with Crippen LogP contribution in [0.15, 0.2) is 34.1 Å². The van der Waals surface area contributed by atoms with Crippen molar-refractivity contribution in [2.45, 2.75) is 16.3 Å². The van der Waals surface area contributed by atoms with Gasteiger partial charge in [-0.05, 0) is 30.6 Å². The zero-order chi connectivity index (χ0) is 18.9. The second kappa shape index (κ2) is 7.27. The Bertz CT molecular complexity index is 970. The van der Waals surface area contributed by atoms with Crippen LogP contribution in [0.2, 0.25) is 5.15 Å². The maximum atomic E-state index is 12.6. The number of nitrogens with one attached hydrogen (secondary N) is 2. The molecule has 0 fully saturated rings. The van der Waals surface area contributed by atoms with Crippen molar-refractivity contribution in [1.29, 1.82) is 0 Å². The van der Waals surface area contributed by atoms with E-state index in [0.29, 0.717) is 11.4 Å². The number of ether oxygens (including phenoxy) is 1. The molecule has 2 aromatic rings. The molecule has 0 atom stereocenters. The van der Waals surface area contributed by atoms with Gasteiger partial charge in [0.05, 0.1) is 7.11 Å². The molecular weight excluding hydrogens is 402 g/mol. The fourth-order valence-corrected chi connectivity index (χ4v) is 4.87. The lowest BCUT2D eigenvalue weighted by molar-refractivity contribution is 0.256. The summed E-state index contributed by atoms with van der Waals surface area (Å²) in [6.45, 7) is 0.617. The number of sulfonamides is 1. The number of methoxy groups -OCH3 is 1. The van der Waals surface area contributed by atoms with E-state index >= 15 is 0 Å². The molecule has 1 aliphatic heterocycles. The standard InChI is InChI=1S/C14H14ClN5O4S2/c1-20-7-8-4-3-5-9(12(8)25-20)26(22,23)19-14(21)18-13-16-10(15)6-11(17-13)24-2/h3-6H,7H2,1-2H3,(H2,16,17,18,19,21). The van der Waals surface area contributed by atoms with Gasteiger partial charge in [0.1, 0.15) is 10.0 Å². The summed E-state index contributed by atoms with van der Waals surface area (Å²) in [6, 6.07) is 5.26. The Labute approximate surface area is 159 Å². The van der Waals surface area contributed by atoms with Crippen LogP contribution in [-0.2, 0) is 16.6 Å². The monoisotopic (exact) mass is 415 g/mol. The minimum atomic E-state index is -4.08. The van der Waals surface area contributed by atoms with E-state index in [0.717, 1.165) is 5.56 Å². The highest BCUT2D eigenvalue weighted by atomic mass is 35.5. The smallest absolute Gasteiger partial charge is 0.335 e. The van der Waals surface area contributed by atoms with Gasteiger partial charge in [0.2, 0.25) is 11.8 Å². The summed E-state index contributed by atoms with van der Waals surface area (Å²) >= 11 is 7.10. The number of anilines is 1. The number of hydrogen-bond acceptors (Lipinski definition) is 8. The predicted octanol–water partition coefficient (Wildman–Crippen LogP) is 2.10. The number of aromatic nitrogens is 2. The van der Waals surface area contributed by atoms with Gasteiger partial charge in [-0.15, -0.1) is 0 Å². The van der Waals surface area contributed by atoms with Crippen LogP contribution in [-0.4, -0.2) is 42.9 Å². The minimum Gasteiger partial charge on any atom is -0.481 e. The van der Waals surface area contributed by atoms with Gasteiger partial charge < -0.3 is 4.74 Å². The number of hydrogen-bond donors (Lipinski definition) is 2. The zero-order valence-electron chi connectivity index (χ0n) is 13.7. The number of carbonyl (C=O) groups is 1. The van der Waals surface area contributed by atoms with Crippen LogP contribution < -0.4 is 14.8 Å². The van der Waals surface area contributed by atoms with Gasteiger partial charge in [0.25, 0.3) is 10.0 Å². The van der Waals surface area contributed by atoms with Crippen LogP contribution in [0.1, 0.15) is 5.56 Å². The second-order valence-electron chi connectivity index (χ2n) is 5.24. The zero-order valence-corrected chi connectivity index (χ0v) is 16.1. The third-order valence-corrected chi connectivity index (χ3v) is 6.12. The van der Waals surface area contributed by atoms with Gasteiger partial charge in [-0.3, -0.25) is 5.32 Å². The molecule has 138 valence electrons. The van der Waals surface area contributed by atoms with Crippen LogP contribution >= 0.6 is 23.5 Å². The molecule has 1 aromatic heterocycles. The predicted molar refractivity (Wildman–Crippen MR) is 96.7 cm³/mol. The molecule has 2 heterocycles. The average Bonchev–Trinajstić information content (AvgIpc) is 2.93. The third-order valence-electron chi connectivity index (χ3n) is 3.32. The molecule has 0 bridgehead atoms. The molecule has 0 aliphatic carbocycles. The topological polar surface area (TPSA) is 114 Å². The molecule has 0 saturated heterocycles. The van der Waals surface area contributed by atoms with Crippen LogP contribution in [0, 0.1) is 0 Å². The quantitative estimate of drug-likeness (QED) is 0.576. The highest BCUT2D eigenvalue weighted by Crippen LogP contribution is 2.38. The molecule has 2 amide bonds. The van der Waals surface area contributed by atoms with Gasteiger partial charge in [0, 0.05) is 17.5 Å². The van der Waals surface area contributed by atoms with E-state index in [1.54, 1.807) is 6.07 Å². The second-order valence-corrected chi connectivity index (χ2v) is 8.49. The van der Waals surface area contributed by atoms with Crippen molar-refractivity contribution in [3.05, 3.63) is 35.0 Å². The van der Waals surface area contributed by atoms with E-state index in [2.05, 4.69) is 15.3 Å². The van der Waals surface area contributed by atoms with E-state index in [-0.39, 0.29) is 21.9 Å². The fourth-order valence-electron chi connectivity index (χ4n) is 2.29. The summed E-state index contributed by atoms with van der Waals surface area (Å²) in [6.07, 6.45) is 0. The number of carbonyl (C=O) groups excluding carboxylic acids is 1. The summed E-state index contributed by atoms with van der Waals surface area (Å²) in [5, 5.41) is 2.26. The van der Waals surface area contributed by atoms with Crippen molar-refractivity contribution >= 4 is 45.6 Å². The van der Waals surface area contributed by atoms with Gasteiger partial charge in [0.15, 0.2) is 0 Å². The van der Waals surface area contributed by atoms with Crippen LogP contribution in [0.5, 0.6) is 5.88 Å². The first-order valence-electron chi connectivity index (χ1n) is 7.22. The Balaban J connectivity index is 1.80. The van der Waals surface area contributed by atoms with Crippen molar-refractivity contribution < 1.29 is 17.9 Å². The molecule has 2 N–H and O–H groups in total. The average molecular weight is 416 g/mol. The summed E-state index contributed by atoms with van der Waals surface area (Å²) < 4.78 is 34.0. The number of urea groups is 1. The largest absolute Gasteiger partial charge is 0.481 e. The molecule has 0 saturated carbocycles. The highest BCUT2D eigenvalue weighted by Gasteiger charge is 2.28. The van der Waals surface area contributed by atoms with E-state index in [4.69, 9.17) is 16.3 Å². The lowest BCUT2D eigenvalue weighted by Gasteiger charge is -2.11. The molecule has 0 unspecified atom stereocenters. The molecule has 0 spiro atoms. The molecule has 12 heteroatoms. The minimum absolute atomic E-state index is 0.0316. The summed E-state index contributed by atoms with van der Waals surface area (Å²) in [5.74, 6) is -0.0575. The van der Waals surface area contributed by atoms with Gasteiger partial charge in [-0.2, -0.15) is 4.98 Å². The first-order chi connectivity index (χ1) is 12.3. The Hall–Kier alpha value is -2.08. The van der Waals surface area contributed by atoms with Crippen LogP contribution in [0.25, 0.3) is 0 Å². The maximum absolute atomic E-state index is 12.6.